The van der Waals surface area contributed by atoms with E-state index < -0.39 is 0 Å². The maximum absolute atomic E-state index is 13.4. The van der Waals surface area contributed by atoms with E-state index in [-0.39, 0.29) is 5.92 Å². The molecule has 1 N–H and O–H groups in total. The Balaban J connectivity index is 1.37. The molecule has 4 aliphatic rings. The topological polar surface area (TPSA) is 44.8 Å². The largest absolute Gasteiger partial charge is 0.497 e. The van der Waals surface area contributed by atoms with Crippen LogP contribution in [0.2, 0.25) is 0 Å². The molecule has 0 aliphatic carbocycles. The number of benzene rings is 1. The van der Waals surface area contributed by atoms with Gasteiger partial charge in [0.25, 0.3) is 0 Å². The van der Waals surface area contributed by atoms with Gasteiger partial charge in [-0.2, -0.15) is 0 Å². The molecule has 0 aromatic heterocycles. The molecule has 4 aliphatic heterocycles. The molecule has 0 saturated carbocycles. The minimum Gasteiger partial charge on any atom is -0.497 e. The van der Waals surface area contributed by atoms with E-state index in [1.807, 2.05) is 6.07 Å². The van der Waals surface area contributed by atoms with Gasteiger partial charge in [0.05, 0.1) is 7.11 Å². The standard InChI is InChI=1S/C25H37N3O2/c1-30-22-6-4-5-18(13-22)14-24-21-15-20(23-7-2-3-12-28(23)24)16-27(17-21)25(29)19-8-10-26-11-9-19/h4-6,13,19-21,23-24,26H,2-3,7-12,14-17H2,1H3/t20-,21+,23+,24+/m1/s1. The van der Waals surface area contributed by atoms with Gasteiger partial charge in [-0.25, -0.2) is 0 Å². The van der Waals surface area contributed by atoms with E-state index in [1.165, 1.54) is 37.8 Å². The molecule has 0 spiro atoms. The van der Waals surface area contributed by atoms with Gasteiger partial charge in [0.1, 0.15) is 5.75 Å². The SMILES string of the molecule is COc1cccc(C[C@H]2[C@H]3C[C@H](CN(C(=O)C4CCNCC4)C3)[C@@H]3CCCCN32)c1. The maximum atomic E-state index is 13.4. The van der Waals surface area contributed by atoms with E-state index in [0.717, 1.165) is 51.2 Å². The lowest BCUT2D eigenvalue weighted by Gasteiger charge is -2.57. The predicted molar refractivity (Wildman–Crippen MR) is 119 cm³/mol. The fraction of sp³-hybridized carbons (Fsp3) is 0.720. The number of amides is 1. The number of methoxy groups -OCH3 is 1. The van der Waals surface area contributed by atoms with Gasteiger partial charge >= 0.3 is 0 Å². The van der Waals surface area contributed by atoms with E-state index in [0.29, 0.717) is 29.8 Å². The van der Waals surface area contributed by atoms with Gasteiger partial charge in [-0.3, -0.25) is 9.69 Å². The highest BCUT2D eigenvalue weighted by Gasteiger charge is 2.48. The van der Waals surface area contributed by atoms with Crippen LogP contribution in [-0.2, 0) is 11.2 Å². The molecule has 164 valence electrons. The van der Waals surface area contributed by atoms with Gasteiger partial charge in [-0.1, -0.05) is 18.6 Å². The molecule has 1 aromatic rings. The minimum absolute atomic E-state index is 0.240. The Bertz CT molecular complexity index is 748. The summed E-state index contributed by atoms with van der Waals surface area (Å²) in [5.74, 6) is 2.88. The summed E-state index contributed by atoms with van der Waals surface area (Å²) in [6.45, 7) is 5.16. The second-order valence-electron chi connectivity index (χ2n) is 9.95. The third-order valence-electron chi connectivity index (χ3n) is 8.20. The molecule has 5 rings (SSSR count). The Kier molecular flexibility index (Phi) is 6.01. The first-order chi connectivity index (χ1) is 14.7. The molecular formula is C25H37N3O2. The summed E-state index contributed by atoms with van der Waals surface area (Å²) >= 11 is 0. The predicted octanol–water partition coefficient (Wildman–Crippen LogP) is 2.94. The summed E-state index contributed by atoms with van der Waals surface area (Å²) in [7, 11) is 1.75. The van der Waals surface area contributed by atoms with E-state index >= 15 is 0 Å². The number of nitrogens with one attached hydrogen (secondary N) is 1. The van der Waals surface area contributed by atoms with E-state index in [2.05, 4.69) is 33.3 Å². The summed E-state index contributed by atoms with van der Waals surface area (Å²) in [5.41, 5.74) is 1.36. The van der Waals surface area contributed by atoms with Crippen molar-refractivity contribution in [2.24, 2.45) is 17.8 Å². The number of nitrogens with zero attached hydrogens (tertiary/aromatic N) is 2. The average molecular weight is 412 g/mol. The second kappa shape index (κ2) is 8.88. The highest BCUT2D eigenvalue weighted by molar-refractivity contribution is 5.79. The van der Waals surface area contributed by atoms with Crippen LogP contribution in [-0.4, -0.2) is 67.6 Å². The first kappa shape index (κ1) is 20.3. The molecule has 0 radical (unpaired) electrons. The Labute approximate surface area is 181 Å². The molecular weight excluding hydrogens is 374 g/mol. The van der Waals surface area contributed by atoms with Crippen molar-refractivity contribution in [3.05, 3.63) is 29.8 Å². The number of hydrogen-bond acceptors (Lipinski definition) is 4. The fourth-order valence-electron chi connectivity index (χ4n) is 6.74. The summed E-state index contributed by atoms with van der Waals surface area (Å²) in [5, 5.41) is 3.41. The van der Waals surface area contributed by atoms with Crippen LogP contribution >= 0.6 is 0 Å². The third-order valence-corrected chi connectivity index (χ3v) is 8.20. The van der Waals surface area contributed by atoms with Crippen LogP contribution in [0.5, 0.6) is 5.75 Å². The van der Waals surface area contributed by atoms with E-state index in [1.54, 1.807) is 7.11 Å². The average Bonchev–Trinajstić information content (AvgIpc) is 2.82. The normalized spacial score (nSPS) is 32.5. The van der Waals surface area contributed by atoms with E-state index in [9.17, 15) is 4.79 Å². The van der Waals surface area contributed by atoms with Crippen LogP contribution in [0.3, 0.4) is 0 Å². The van der Waals surface area contributed by atoms with Crippen molar-refractivity contribution in [3.63, 3.8) is 0 Å². The molecule has 30 heavy (non-hydrogen) atoms. The number of piperidine rings is 4. The highest BCUT2D eigenvalue weighted by Crippen LogP contribution is 2.42. The molecule has 4 saturated heterocycles. The van der Waals surface area contributed by atoms with Crippen LogP contribution in [0.25, 0.3) is 0 Å². The Morgan fingerprint density at radius 3 is 2.80 bits per heavy atom. The quantitative estimate of drug-likeness (QED) is 0.827. The first-order valence-corrected chi connectivity index (χ1v) is 12.1. The van der Waals surface area contributed by atoms with Gasteiger partial charge < -0.3 is 15.0 Å². The smallest absolute Gasteiger partial charge is 0.225 e. The molecule has 0 unspecified atom stereocenters. The van der Waals surface area contributed by atoms with Gasteiger partial charge in [0.2, 0.25) is 5.91 Å². The number of fused-ring (bicyclic) bond motifs is 4. The second-order valence-corrected chi connectivity index (χ2v) is 9.95. The van der Waals surface area contributed by atoms with Gasteiger partial charge in [-0.05, 0) is 87.7 Å². The fourth-order valence-corrected chi connectivity index (χ4v) is 6.74. The summed E-state index contributed by atoms with van der Waals surface area (Å²) in [4.78, 5) is 18.5. The molecule has 1 aromatic carbocycles. The number of hydrogen-bond donors (Lipinski definition) is 1. The zero-order valence-electron chi connectivity index (χ0n) is 18.4. The monoisotopic (exact) mass is 411 g/mol. The van der Waals surface area contributed by atoms with Crippen molar-refractivity contribution in [3.8, 4) is 5.75 Å². The Morgan fingerprint density at radius 2 is 1.97 bits per heavy atom. The lowest BCUT2D eigenvalue weighted by Crippen LogP contribution is -2.65. The minimum atomic E-state index is 0.240. The first-order valence-electron chi connectivity index (χ1n) is 12.1. The lowest BCUT2D eigenvalue weighted by molar-refractivity contribution is -0.145. The van der Waals surface area contributed by atoms with Crippen LogP contribution in [0, 0.1) is 17.8 Å². The molecule has 2 bridgehead atoms. The number of likely N-dealkylation sites (tertiary alicyclic amines) is 1. The van der Waals surface area contributed by atoms with Crippen molar-refractivity contribution in [2.75, 3.05) is 39.8 Å². The third kappa shape index (κ3) is 3.99. The Morgan fingerprint density at radius 1 is 1.13 bits per heavy atom. The van der Waals surface area contributed by atoms with Crippen LogP contribution in [0.1, 0.15) is 44.1 Å². The summed E-state index contributed by atoms with van der Waals surface area (Å²) < 4.78 is 5.48. The Hall–Kier alpha value is -1.59. The summed E-state index contributed by atoms with van der Waals surface area (Å²) in [6.07, 6.45) is 8.35. The van der Waals surface area contributed by atoms with Crippen LogP contribution < -0.4 is 10.1 Å². The lowest BCUT2D eigenvalue weighted by atomic mass is 9.70. The van der Waals surface area contributed by atoms with Crippen molar-refractivity contribution in [1.82, 2.24) is 15.1 Å². The highest BCUT2D eigenvalue weighted by atomic mass is 16.5. The maximum Gasteiger partial charge on any atom is 0.225 e. The molecule has 5 heteroatoms. The molecule has 1 amide bonds. The summed E-state index contributed by atoms with van der Waals surface area (Å²) in [6, 6.07) is 9.79. The molecule has 4 heterocycles. The van der Waals surface area contributed by atoms with Gasteiger partial charge in [0, 0.05) is 31.1 Å². The van der Waals surface area contributed by atoms with Crippen LogP contribution in [0.4, 0.5) is 0 Å². The zero-order chi connectivity index (χ0) is 20.5. The number of carbonyl (C=O) groups is 1. The van der Waals surface area contributed by atoms with Crippen molar-refractivity contribution < 1.29 is 9.53 Å². The van der Waals surface area contributed by atoms with Crippen LogP contribution in [0.15, 0.2) is 24.3 Å². The van der Waals surface area contributed by atoms with E-state index in [4.69, 9.17) is 4.74 Å². The number of carbonyl (C=O) groups excluding carboxylic acids is 1. The van der Waals surface area contributed by atoms with Gasteiger partial charge in [-0.15, -0.1) is 0 Å². The zero-order valence-corrected chi connectivity index (χ0v) is 18.4. The molecule has 5 nitrogen and oxygen atoms in total. The van der Waals surface area contributed by atoms with Crippen molar-refractivity contribution >= 4 is 5.91 Å². The number of rotatable bonds is 4. The molecule has 4 atom stereocenters. The van der Waals surface area contributed by atoms with Crippen molar-refractivity contribution in [1.29, 1.82) is 0 Å². The number of ether oxygens (including phenoxy) is 1. The van der Waals surface area contributed by atoms with Gasteiger partial charge in [0.15, 0.2) is 0 Å². The molecule has 4 fully saturated rings. The van der Waals surface area contributed by atoms with Crippen molar-refractivity contribution in [2.45, 2.75) is 57.0 Å².